The molecule has 0 bridgehead atoms. The molecular formula is C13H25N3O. The van der Waals surface area contributed by atoms with Crippen molar-refractivity contribution in [3.8, 4) is 0 Å². The standard InChI is InChI=1S/C13H25N3O/c1-4-7-15-13(17)11(2)16(3)10-12-6-5-8-14-9-12/h4,11-12,14H,1,5-10H2,2-3H3,(H,15,17). The first-order chi connectivity index (χ1) is 8.15. The van der Waals surface area contributed by atoms with Crippen LogP contribution in [0.4, 0.5) is 0 Å². The van der Waals surface area contributed by atoms with Crippen molar-refractivity contribution in [3.63, 3.8) is 0 Å². The van der Waals surface area contributed by atoms with Crippen molar-refractivity contribution in [1.29, 1.82) is 0 Å². The summed E-state index contributed by atoms with van der Waals surface area (Å²) in [5.74, 6) is 0.750. The van der Waals surface area contributed by atoms with Gasteiger partial charge >= 0.3 is 0 Å². The molecule has 0 aromatic carbocycles. The predicted octanol–water partition coefficient (Wildman–Crippen LogP) is 0.609. The highest BCUT2D eigenvalue weighted by molar-refractivity contribution is 5.81. The van der Waals surface area contributed by atoms with E-state index in [9.17, 15) is 4.79 Å². The molecule has 1 amide bonds. The molecule has 0 saturated carbocycles. The molecule has 1 aliphatic heterocycles. The average Bonchev–Trinajstić information content (AvgIpc) is 2.36. The van der Waals surface area contributed by atoms with Gasteiger partial charge in [-0.25, -0.2) is 0 Å². The van der Waals surface area contributed by atoms with Crippen LogP contribution in [0.3, 0.4) is 0 Å². The highest BCUT2D eigenvalue weighted by atomic mass is 16.2. The van der Waals surface area contributed by atoms with E-state index >= 15 is 0 Å². The maximum absolute atomic E-state index is 11.8. The van der Waals surface area contributed by atoms with Gasteiger partial charge in [0, 0.05) is 13.1 Å². The van der Waals surface area contributed by atoms with Gasteiger partial charge in [0.2, 0.25) is 5.91 Å². The van der Waals surface area contributed by atoms with Gasteiger partial charge in [0.05, 0.1) is 6.04 Å². The number of rotatable bonds is 6. The van der Waals surface area contributed by atoms with Crippen molar-refractivity contribution in [2.24, 2.45) is 5.92 Å². The van der Waals surface area contributed by atoms with Crippen molar-refractivity contribution in [2.45, 2.75) is 25.8 Å². The van der Waals surface area contributed by atoms with Crippen LogP contribution >= 0.6 is 0 Å². The summed E-state index contributed by atoms with van der Waals surface area (Å²) in [5, 5.41) is 6.24. The molecule has 17 heavy (non-hydrogen) atoms. The van der Waals surface area contributed by atoms with Crippen LogP contribution in [0, 0.1) is 5.92 Å². The smallest absolute Gasteiger partial charge is 0.237 e. The lowest BCUT2D eigenvalue weighted by molar-refractivity contribution is -0.125. The fraction of sp³-hybridized carbons (Fsp3) is 0.769. The Balaban J connectivity index is 2.31. The largest absolute Gasteiger partial charge is 0.351 e. The molecule has 0 spiro atoms. The third kappa shape index (κ3) is 4.88. The molecule has 4 nitrogen and oxygen atoms in total. The van der Waals surface area contributed by atoms with E-state index < -0.39 is 0 Å². The quantitative estimate of drug-likeness (QED) is 0.668. The van der Waals surface area contributed by atoms with Crippen LogP contribution in [0.5, 0.6) is 0 Å². The number of likely N-dealkylation sites (N-methyl/N-ethyl adjacent to an activating group) is 1. The fourth-order valence-electron chi connectivity index (χ4n) is 2.17. The first-order valence-corrected chi connectivity index (χ1v) is 6.44. The third-order valence-corrected chi connectivity index (χ3v) is 3.41. The van der Waals surface area contributed by atoms with E-state index in [0.717, 1.165) is 19.6 Å². The summed E-state index contributed by atoms with van der Waals surface area (Å²) in [6.45, 7) is 9.28. The number of hydrogen-bond acceptors (Lipinski definition) is 3. The topological polar surface area (TPSA) is 44.4 Å². The lowest BCUT2D eigenvalue weighted by Gasteiger charge is -2.30. The Morgan fingerprint density at radius 1 is 1.71 bits per heavy atom. The summed E-state index contributed by atoms with van der Waals surface area (Å²) in [7, 11) is 2.02. The van der Waals surface area contributed by atoms with Gasteiger partial charge in [0.25, 0.3) is 0 Å². The number of hydrogen-bond donors (Lipinski definition) is 2. The van der Waals surface area contributed by atoms with E-state index in [1.807, 2.05) is 14.0 Å². The molecule has 1 aliphatic rings. The van der Waals surface area contributed by atoms with Gasteiger partial charge in [0.1, 0.15) is 0 Å². The highest BCUT2D eigenvalue weighted by Gasteiger charge is 2.21. The van der Waals surface area contributed by atoms with E-state index in [4.69, 9.17) is 0 Å². The first kappa shape index (κ1) is 14.2. The third-order valence-electron chi connectivity index (χ3n) is 3.41. The van der Waals surface area contributed by atoms with Crippen molar-refractivity contribution < 1.29 is 4.79 Å². The maximum Gasteiger partial charge on any atom is 0.237 e. The SMILES string of the molecule is C=CCNC(=O)C(C)N(C)CC1CCCNC1. The Labute approximate surface area is 104 Å². The second-order valence-electron chi connectivity index (χ2n) is 4.86. The molecular weight excluding hydrogens is 214 g/mol. The van der Waals surface area contributed by atoms with Gasteiger partial charge in [-0.1, -0.05) is 6.08 Å². The zero-order valence-electron chi connectivity index (χ0n) is 11.0. The van der Waals surface area contributed by atoms with Crippen LogP contribution in [0.1, 0.15) is 19.8 Å². The minimum Gasteiger partial charge on any atom is -0.351 e. The normalized spacial score (nSPS) is 22.2. The maximum atomic E-state index is 11.8. The second kappa shape index (κ2) is 7.45. The van der Waals surface area contributed by atoms with Gasteiger partial charge in [-0.05, 0) is 45.8 Å². The lowest BCUT2D eigenvalue weighted by atomic mass is 9.99. The molecule has 98 valence electrons. The van der Waals surface area contributed by atoms with Gasteiger partial charge in [-0.3, -0.25) is 9.69 Å². The van der Waals surface area contributed by atoms with Crippen LogP contribution in [0.25, 0.3) is 0 Å². The highest BCUT2D eigenvalue weighted by Crippen LogP contribution is 2.12. The van der Waals surface area contributed by atoms with Gasteiger partial charge in [0.15, 0.2) is 0 Å². The minimum atomic E-state index is -0.0723. The number of carbonyl (C=O) groups is 1. The Bertz CT molecular complexity index is 249. The predicted molar refractivity (Wildman–Crippen MR) is 70.9 cm³/mol. The molecule has 0 aliphatic carbocycles. The Hall–Kier alpha value is -0.870. The van der Waals surface area contributed by atoms with Crippen LogP contribution in [-0.2, 0) is 4.79 Å². The van der Waals surface area contributed by atoms with Crippen LogP contribution in [0.2, 0.25) is 0 Å². The van der Waals surface area contributed by atoms with Gasteiger partial charge in [-0.15, -0.1) is 6.58 Å². The van der Waals surface area contributed by atoms with Crippen molar-refractivity contribution in [2.75, 3.05) is 33.2 Å². The summed E-state index contributed by atoms with van der Waals surface area (Å²) in [4.78, 5) is 13.9. The molecule has 0 aromatic heterocycles. The summed E-state index contributed by atoms with van der Waals surface area (Å²) in [6.07, 6.45) is 4.21. The molecule has 1 fully saturated rings. The van der Waals surface area contributed by atoms with E-state index in [1.165, 1.54) is 12.8 Å². The molecule has 0 aromatic rings. The monoisotopic (exact) mass is 239 g/mol. The van der Waals surface area contributed by atoms with Crippen LogP contribution in [-0.4, -0.2) is 50.1 Å². The van der Waals surface area contributed by atoms with Gasteiger partial charge < -0.3 is 10.6 Å². The average molecular weight is 239 g/mol. The number of amides is 1. The molecule has 2 atom stereocenters. The molecule has 1 heterocycles. The minimum absolute atomic E-state index is 0.0723. The molecule has 1 saturated heterocycles. The van der Waals surface area contributed by atoms with Crippen molar-refractivity contribution in [3.05, 3.63) is 12.7 Å². The lowest BCUT2D eigenvalue weighted by Crippen LogP contribution is -2.46. The number of piperidine rings is 1. The van der Waals surface area contributed by atoms with Gasteiger partial charge in [-0.2, -0.15) is 0 Å². The zero-order valence-corrected chi connectivity index (χ0v) is 11.0. The Morgan fingerprint density at radius 3 is 3.06 bits per heavy atom. The number of nitrogens with zero attached hydrogens (tertiary/aromatic N) is 1. The molecule has 1 rings (SSSR count). The molecule has 2 unspecified atom stereocenters. The van der Waals surface area contributed by atoms with E-state index in [0.29, 0.717) is 12.5 Å². The Kier molecular flexibility index (Phi) is 6.22. The van der Waals surface area contributed by atoms with E-state index in [2.05, 4.69) is 22.1 Å². The van der Waals surface area contributed by atoms with E-state index in [1.54, 1.807) is 6.08 Å². The fourth-order valence-corrected chi connectivity index (χ4v) is 2.17. The summed E-state index contributed by atoms with van der Waals surface area (Å²) < 4.78 is 0. The molecule has 2 N–H and O–H groups in total. The van der Waals surface area contributed by atoms with E-state index in [-0.39, 0.29) is 11.9 Å². The first-order valence-electron chi connectivity index (χ1n) is 6.44. The van der Waals surface area contributed by atoms with Crippen molar-refractivity contribution in [1.82, 2.24) is 15.5 Å². The summed E-state index contributed by atoms with van der Waals surface area (Å²) >= 11 is 0. The Morgan fingerprint density at radius 2 is 2.47 bits per heavy atom. The summed E-state index contributed by atoms with van der Waals surface area (Å²) in [5.41, 5.74) is 0. The zero-order chi connectivity index (χ0) is 12.7. The molecule has 4 heteroatoms. The number of carbonyl (C=O) groups excluding carboxylic acids is 1. The summed E-state index contributed by atoms with van der Waals surface area (Å²) in [6, 6.07) is -0.0723. The molecule has 0 radical (unpaired) electrons. The second-order valence-corrected chi connectivity index (χ2v) is 4.86. The number of nitrogens with one attached hydrogen (secondary N) is 2. The van der Waals surface area contributed by atoms with Crippen LogP contribution in [0.15, 0.2) is 12.7 Å². The van der Waals surface area contributed by atoms with Crippen molar-refractivity contribution >= 4 is 5.91 Å². The van der Waals surface area contributed by atoms with Crippen LogP contribution < -0.4 is 10.6 Å².